The molecule has 9 heteroatoms. The van der Waals surface area contributed by atoms with Gasteiger partial charge in [0.2, 0.25) is 0 Å². The first-order valence-electron chi connectivity index (χ1n) is 7.62. The number of hydrogen-bond acceptors (Lipinski definition) is 5. The zero-order valence-corrected chi connectivity index (χ0v) is 13.8. The number of nitrogens with one attached hydrogen (secondary N) is 1. The smallest absolute Gasteiger partial charge is 0.387 e. The summed E-state index contributed by atoms with van der Waals surface area (Å²) in [5.74, 6) is -2.96. The van der Waals surface area contributed by atoms with E-state index < -0.39 is 36.8 Å². The highest BCUT2D eigenvalue weighted by molar-refractivity contribution is 6.05. The van der Waals surface area contributed by atoms with Gasteiger partial charge < -0.3 is 9.47 Å². The van der Waals surface area contributed by atoms with Crippen molar-refractivity contribution in [3.8, 4) is 5.75 Å². The Bertz CT molecular complexity index is 807. The van der Waals surface area contributed by atoms with Crippen molar-refractivity contribution in [2.75, 3.05) is 6.61 Å². The molecule has 0 saturated heterocycles. The van der Waals surface area contributed by atoms with Crippen LogP contribution in [0, 0.1) is 5.82 Å². The van der Waals surface area contributed by atoms with Crippen molar-refractivity contribution in [3.05, 3.63) is 65.5 Å². The lowest BCUT2D eigenvalue weighted by molar-refractivity contribution is -0.147. The Morgan fingerprint density at radius 2 is 1.59 bits per heavy atom. The molecular formula is C18H14F3NO5. The van der Waals surface area contributed by atoms with Gasteiger partial charge in [0.15, 0.2) is 6.61 Å². The molecule has 1 N–H and O–H groups in total. The third-order valence-corrected chi connectivity index (χ3v) is 3.22. The molecule has 0 spiro atoms. The summed E-state index contributed by atoms with van der Waals surface area (Å²) in [6.45, 7) is -3.67. The molecule has 0 radical (unpaired) electrons. The van der Waals surface area contributed by atoms with Gasteiger partial charge in [-0.1, -0.05) is 12.1 Å². The van der Waals surface area contributed by atoms with E-state index in [1.165, 1.54) is 36.4 Å². The molecule has 0 fully saturated rings. The standard InChI is InChI=1S/C18H14F3NO5/c19-13-5-1-11(2-6-13)9-16(24)26-10-15(23)22-17(25)12-3-7-14(8-4-12)27-18(20)21/h1-8,18H,9-10H2,(H,22,23,25). The number of rotatable bonds is 7. The first-order chi connectivity index (χ1) is 12.8. The van der Waals surface area contributed by atoms with Gasteiger partial charge in [-0.25, -0.2) is 4.39 Å². The quantitative estimate of drug-likeness (QED) is 0.746. The third kappa shape index (κ3) is 6.81. The number of halogens is 3. The molecule has 0 aromatic heterocycles. The van der Waals surface area contributed by atoms with Crippen molar-refractivity contribution in [3.63, 3.8) is 0 Å². The monoisotopic (exact) mass is 381 g/mol. The number of carbonyl (C=O) groups is 3. The molecule has 2 aromatic rings. The minimum Gasteiger partial charge on any atom is -0.455 e. The summed E-state index contributed by atoms with van der Waals surface area (Å²) in [6, 6.07) is 9.87. The summed E-state index contributed by atoms with van der Waals surface area (Å²) >= 11 is 0. The fourth-order valence-electron chi connectivity index (χ4n) is 1.99. The van der Waals surface area contributed by atoms with Gasteiger partial charge in [0.05, 0.1) is 6.42 Å². The van der Waals surface area contributed by atoms with Crippen LogP contribution < -0.4 is 10.1 Å². The molecular weight excluding hydrogens is 367 g/mol. The molecule has 0 aliphatic heterocycles. The Hall–Kier alpha value is -3.36. The molecule has 0 atom stereocenters. The fraction of sp³-hybridized carbons (Fsp3) is 0.167. The Morgan fingerprint density at radius 1 is 0.963 bits per heavy atom. The largest absolute Gasteiger partial charge is 0.455 e. The van der Waals surface area contributed by atoms with Gasteiger partial charge in [0, 0.05) is 5.56 Å². The summed E-state index contributed by atoms with van der Waals surface area (Å²) in [5.41, 5.74) is 0.534. The Kier molecular flexibility index (Phi) is 6.93. The van der Waals surface area contributed by atoms with E-state index in [4.69, 9.17) is 4.74 Å². The third-order valence-electron chi connectivity index (χ3n) is 3.22. The average Bonchev–Trinajstić information content (AvgIpc) is 2.62. The second kappa shape index (κ2) is 9.37. The van der Waals surface area contributed by atoms with Crippen LogP contribution in [-0.4, -0.2) is 31.0 Å². The summed E-state index contributed by atoms with van der Waals surface area (Å²) in [5, 5.41) is 1.99. The highest BCUT2D eigenvalue weighted by Crippen LogP contribution is 2.14. The Labute approximate surface area is 151 Å². The first kappa shape index (κ1) is 20.0. The lowest BCUT2D eigenvalue weighted by atomic mass is 10.1. The minimum atomic E-state index is -2.99. The lowest BCUT2D eigenvalue weighted by Crippen LogP contribution is -2.34. The van der Waals surface area contributed by atoms with E-state index in [0.29, 0.717) is 5.56 Å². The van der Waals surface area contributed by atoms with E-state index in [1.54, 1.807) is 0 Å². The van der Waals surface area contributed by atoms with Gasteiger partial charge in [-0.3, -0.25) is 19.7 Å². The molecule has 142 valence electrons. The van der Waals surface area contributed by atoms with E-state index in [-0.39, 0.29) is 17.7 Å². The van der Waals surface area contributed by atoms with Gasteiger partial charge >= 0.3 is 12.6 Å². The van der Waals surface area contributed by atoms with Crippen LogP contribution in [-0.2, 0) is 20.7 Å². The second-order valence-electron chi connectivity index (χ2n) is 5.24. The number of ether oxygens (including phenoxy) is 2. The van der Waals surface area contributed by atoms with E-state index in [2.05, 4.69) is 4.74 Å². The number of alkyl halides is 2. The van der Waals surface area contributed by atoms with Gasteiger partial charge in [-0.2, -0.15) is 8.78 Å². The number of carbonyl (C=O) groups excluding carboxylic acids is 3. The zero-order chi connectivity index (χ0) is 19.8. The van der Waals surface area contributed by atoms with Gasteiger partial charge in [0.1, 0.15) is 11.6 Å². The molecule has 0 aliphatic rings. The van der Waals surface area contributed by atoms with Crippen molar-refractivity contribution in [1.29, 1.82) is 0 Å². The van der Waals surface area contributed by atoms with E-state index in [0.717, 1.165) is 12.1 Å². The normalized spacial score (nSPS) is 10.4. The van der Waals surface area contributed by atoms with Crippen molar-refractivity contribution >= 4 is 17.8 Å². The van der Waals surface area contributed by atoms with Crippen LogP contribution in [0.3, 0.4) is 0 Å². The van der Waals surface area contributed by atoms with Crippen LogP contribution in [0.5, 0.6) is 5.75 Å². The second-order valence-corrected chi connectivity index (χ2v) is 5.24. The first-order valence-corrected chi connectivity index (χ1v) is 7.62. The van der Waals surface area contributed by atoms with Crippen LogP contribution in [0.25, 0.3) is 0 Å². The molecule has 0 aliphatic carbocycles. The molecule has 2 aromatic carbocycles. The Morgan fingerprint density at radius 3 is 2.19 bits per heavy atom. The molecule has 0 saturated carbocycles. The average molecular weight is 381 g/mol. The highest BCUT2D eigenvalue weighted by Gasteiger charge is 2.14. The summed E-state index contributed by atoms with van der Waals surface area (Å²) in [7, 11) is 0. The maximum Gasteiger partial charge on any atom is 0.387 e. The maximum atomic E-state index is 12.8. The van der Waals surface area contributed by atoms with Crippen LogP contribution in [0.4, 0.5) is 13.2 Å². The van der Waals surface area contributed by atoms with Crippen molar-refractivity contribution in [2.24, 2.45) is 0 Å². The molecule has 0 unspecified atom stereocenters. The minimum absolute atomic E-state index is 0.0302. The van der Waals surface area contributed by atoms with Crippen LogP contribution >= 0.6 is 0 Å². The van der Waals surface area contributed by atoms with E-state index in [1.807, 2.05) is 5.32 Å². The highest BCUT2D eigenvalue weighted by atomic mass is 19.3. The van der Waals surface area contributed by atoms with Crippen molar-refractivity contribution < 1.29 is 37.0 Å². The number of benzene rings is 2. The predicted molar refractivity (Wildman–Crippen MR) is 86.6 cm³/mol. The number of imide groups is 1. The van der Waals surface area contributed by atoms with Crippen molar-refractivity contribution in [2.45, 2.75) is 13.0 Å². The van der Waals surface area contributed by atoms with Gasteiger partial charge in [0.25, 0.3) is 11.8 Å². The fourth-order valence-corrected chi connectivity index (χ4v) is 1.99. The summed E-state index contributed by atoms with van der Waals surface area (Å²) in [6.07, 6.45) is -0.160. The Balaban J connectivity index is 1.78. The topological polar surface area (TPSA) is 81.7 Å². The molecule has 6 nitrogen and oxygen atoms in total. The number of amides is 2. The lowest BCUT2D eigenvalue weighted by Gasteiger charge is -2.07. The molecule has 0 bridgehead atoms. The van der Waals surface area contributed by atoms with E-state index in [9.17, 15) is 27.6 Å². The number of hydrogen-bond donors (Lipinski definition) is 1. The van der Waals surface area contributed by atoms with Crippen molar-refractivity contribution in [1.82, 2.24) is 5.32 Å². The molecule has 2 amide bonds. The summed E-state index contributed by atoms with van der Waals surface area (Å²) < 4.78 is 45.8. The molecule has 2 rings (SSSR count). The van der Waals surface area contributed by atoms with Gasteiger partial charge in [-0.05, 0) is 42.0 Å². The van der Waals surface area contributed by atoms with Crippen LogP contribution in [0.2, 0.25) is 0 Å². The SMILES string of the molecule is O=C(COC(=O)Cc1ccc(F)cc1)NC(=O)c1ccc(OC(F)F)cc1. The zero-order valence-electron chi connectivity index (χ0n) is 13.8. The van der Waals surface area contributed by atoms with Crippen LogP contribution in [0.1, 0.15) is 15.9 Å². The predicted octanol–water partition coefficient (Wildman–Crippen LogP) is 2.47. The number of esters is 1. The molecule has 0 heterocycles. The molecule has 27 heavy (non-hydrogen) atoms. The van der Waals surface area contributed by atoms with Crippen LogP contribution in [0.15, 0.2) is 48.5 Å². The van der Waals surface area contributed by atoms with E-state index >= 15 is 0 Å². The summed E-state index contributed by atoms with van der Waals surface area (Å²) in [4.78, 5) is 35.1. The van der Waals surface area contributed by atoms with Gasteiger partial charge in [-0.15, -0.1) is 0 Å². The maximum absolute atomic E-state index is 12.8.